The summed E-state index contributed by atoms with van der Waals surface area (Å²) in [6.45, 7) is 6.48. The average molecular weight is 227 g/mol. The van der Waals surface area contributed by atoms with Crippen LogP contribution in [0.2, 0.25) is 0 Å². The quantitative estimate of drug-likeness (QED) is 0.666. The van der Waals surface area contributed by atoms with Crippen molar-refractivity contribution in [3.05, 3.63) is 34.9 Å². The maximum atomic E-state index is 3.65. The molecule has 1 heteroatoms. The van der Waals surface area contributed by atoms with Crippen LogP contribution in [0.4, 0.5) is 0 Å². The van der Waals surface area contributed by atoms with Crippen LogP contribution in [0.25, 0.3) is 0 Å². The summed E-state index contributed by atoms with van der Waals surface area (Å²) in [6, 6.07) is 6.70. The lowest BCUT2D eigenvalue weighted by molar-refractivity contribution is 0.908. The topological polar surface area (TPSA) is 0 Å². The van der Waals surface area contributed by atoms with E-state index >= 15 is 0 Å². The van der Waals surface area contributed by atoms with Crippen molar-refractivity contribution in [3.63, 3.8) is 0 Å². The van der Waals surface area contributed by atoms with Gasteiger partial charge in [0.1, 0.15) is 0 Å². The first-order valence-corrected chi connectivity index (χ1v) is 5.27. The molecule has 0 radical (unpaired) electrons. The summed E-state index contributed by atoms with van der Waals surface area (Å²) < 4.78 is 0. The van der Waals surface area contributed by atoms with Gasteiger partial charge in [-0.25, -0.2) is 0 Å². The number of alkyl halides is 1. The first-order chi connectivity index (χ1) is 5.63. The number of rotatable bonds is 2. The zero-order valence-corrected chi connectivity index (χ0v) is 9.48. The average Bonchev–Trinajstić information content (AvgIpc) is 2.01. The number of hydrogen-bond donors (Lipinski definition) is 0. The van der Waals surface area contributed by atoms with Crippen LogP contribution in [0.15, 0.2) is 18.2 Å². The Morgan fingerprint density at radius 3 is 2.08 bits per heavy atom. The maximum absolute atomic E-state index is 3.65. The maximum Gasteiger partial charge on any atom is 0.0392 e. The Bertz CT molecular complexity index is 245. The fourth-order valence-electron chi connectivity index (χ4n) is 1.43. The molecule has 0 fully saturated rings. The zero-order valence-electron chi connectivity index (χ0n) is 7.89. The molecule has 0 bridgehead atoms. The fourth-order valence-corrected chi connectivity index (χ4v) is 1.69. The highest BCUT2D eigenvalue weighted by molar-refractivity contribution is 9.09. The highest BCUT2D eigenvalue weighted by Gasteiger charge is 2.04. The van der Waals surface area contributed by atoms with Crippen LogP contribution >= 0.6 is 15.9 Å². The molecule has 1 rings (SSSR count). The number of hydrogen-bond acceptors (Lipinski definition) is 0. The van der Waals surface area contributed by atoms with Gasteiger partial charge < -0.3 is 0 Å². The van der Waals surface area contributed by atoms with Crippen LogP contribution in [-0.4, -0.2) is 0 Å². The normalized spacial score (nSPS) is 13.0. The Balaban J connectivity index is 3.00. The molecule has 66 valence electrons. The van der Waals surface area contributed by atoms with E-state index in [0.717, 1.165) is 6.42 Å². The van der Waals surface area contributed by atoms with Gasteiger partial charge in [-0.15, -0.1) is 0 Å². The van der Waals surface area contributed by atoms with Crippen LogP contribution in [-0.2, 0) is 0 Å². The summed E-state index contributed by atoms with van der Waals surface area (Å²) in [5, 5.41) is 0. The second-order valence-electron chi connectivity index (χ2n) is 3.30. The Morgan fingerprint density at radius 1 is 1.17 bits per heavy atom. The van der Waals surface area contributed by atoms with Gasteiger partial charge in [-0.3, -0.25) is 0 Å². The third-order valence-electron chi connectivity index (χ3n) is 1.96. The van der Waals surface area contributed by atoms with Gasteiger partial charge in [-0.05, 0) is 25.8 Å². The van der Waals surface area contributed by atoms with Crippen molar-refractivity contribution in [2.45, 2.75) is 32.0 Å². The van der Waals surface area contributed by atoms with Gasteiger partial charge in [0.25, 0.3) is 0 Å². The van der Waals surface area contributed by atoms with E-state index in [9.17, 15) is 0 Å². The highest BCUT2D eigenvalue weighted by atomic mass is 79.9. The molecule has 0 saturated carbocycles. The lowest BCUT2D eigenvalue weighted by atomic mass is 10.0. The van der Waals surface area contributed by atoms with Gasteiger partial charge in [-0.1, -0.05) is 52.2 Å². The third-order valence-corrected chi connectivity index (χ3v) is 3.14. The van der Waals surface area contributed by atoms with Crippen molar-refractivity contribution < 1.29 is 0 Å². The standard InChI is InChI=1S/C11H15Br/c1-4-11(12)10-6-8(2)5-9(3)7-10/h5-7,11H,4H2,1-3H3. The Morgan fingerprint density at radius 2 is 1.67 bits per heavy atom. The van der Waals surface area contributed by atoms with Gasteiger partial charge in [0.2, 0.25) is 0 Å². The minimum atomic E-state index is 0.510. The van der Waals surface area contributed by atoms with Crippen molar-refractivity contribution in [3.8, 4) is 0 Å². The lowest BCUT2D eigenvalue weighted by Gasteiger charge is -2.09. The third kappa shape index (κ3) is 2.34. The molecule has 0 aliphatic rings. The lowest BCUT2D eigenvalue weighted by Crippen LogP contribution is -1.89. The van der Waals surface area contributed by atoms with Gasteiger partial charge in [0.15, 0.2) is 0 Å². The van der Waals surface area contributed by atoms with Gasteiger partial charge in [-0.2, -0.15) is 0 Å². The largest absolute Gasteiger partial charge is 0.0839 e. The molecule has 12 heavy (non-hydrogen) atoms. The van der Waals surface area contributed by atoms with Gasteiger partial charge in [0.05, 0.1) is 0 Å². The molecule has 1 atom stereocenters. The predicted molar refractivity (Wildman–Crippen MR) is 57.9 cm³/mol. The van der Waals surface area contributed by atoms with Crippen LogP contribution in [0.5, 0.6) is 0 Å². The van der Waals surface area contributed by atoms with Crippen molar-refractivity contribution in [2.75, 3.05) is 0 Å². The minimum absolute atomic E-state index is 0.510. The first kappa shape index (κ1) is 9.79. The summed E-state index contributed by atoms with van der Waals surface area (Å²) in [7, 11) is 0. The molecule has 1 unspecified atom stereocenters. The molecule has 1 aromatic carbocycles. The molecule has 0 N–H and O–H groups in total. The molecular weight excluding hydrogens is 212 g/mol. The molecule has 0 aromatic heterocycles. The summed E-state index contributed by atoms with van der Waals surface area (Å²) in [5.74, 6) is 0. The van der Waals surface area contributed by atoms with E-state index in [-0.39, 0.29) is 0 Å². The number of aryl methyl sites for hydroxylation is 2. The number of benzene rings is 1. The van der Waals surface area contributed by atoms with E-state index in [1.807, 2.05) is 0 Å². The Kier molecular flexibility index (Phi) is 3.33. The van der Waals surface area contributed by atoms with Crippen molar-refractivity contribution >= 4 is 15.9 Å². The van der Waals surface area contributed by atoms with Gasteiger partial charge >= 0.3 is 0 Å². The highest BCUT2D eigenvalue weighted by Crippen LogP contribution is 2.27. The van der Waals surface area contributed by atoms with Gasteiger partial charge in [0, 0.05) is 4.83 Å². The molecule has 0 heterocycles. The zero-order chi connectivity index (χ0) is 9.14. The van der Waals surface area contributed by atoms with Crippen LogP contribution in [0.1, 0.15) is 34.9 Å². The SMILES string of the molecule is CCC(Br)c1cc(C)cc(C)c1. The van der Waals surface area contributed by atoms with E-state index in [0.29, 0.717) is 4.83 Å². The molecule has 0 saturated heterocycles. The van der Waals surface area contributed by atoms with Crippen LogP contribution in [0.3, 0.4) is 0 Å². The fraction of sp³-hybridized carbons (Fsp3) is 0.455. The van der Waals surface area contributed by atoms with Crippen molar-refractivity contribution in [2.24, 2.45) is 0 Å². The van der Waals surface area contributed by atoms with Crippen LogP contribution < -0.4 is 0 Å². The van der Waals surface area contributed by atoms with E-state index in [1.54, 1.807) is 0 Å². The summed E-state index contributed by atoms with van der Waals surface area (Å²) in [4.78, 5) is 0.510. The van der Waals surface area contributed by atoms with Crippen molar-refractivity contribution in [1.82, 2.24) is 0 Å². The molecule has 0 amide bonds. The predicted octanol–water partition coefficient (Wildman–Crippen LogP) is 4.15. The molecule has 0 nitrogen and oxygen atoms in total. The Hall–Kier alpha value is -0.300. The second kappa shape index (κ2) is 4.08. The number of halogens is 1. The minimum Gasteiger partial charge on any atom is -0.0839 e. The van der Waals surface area contributed by atoms with E-state index in [4.69, 9.17) is 0 Å². The van der Waals surface area contributed by atoms with Crippen molar-refractivity contribution in [1.29, 1.82) is 0 Å². The molecule has 0 aliphatic heterocycles. The first-order valence-electron chi connectivity index (χ1n) is 4.35. The summed E-state index contributed by atoms with van der Waals surface area (Å²) in [5.41, 5.74) is 4.10. The molecule has 0 aliphatic carbocycles. The molecular formula is C11H15Br. The van der Waals surface area contributed by atoms with E-state index in [1.165, 1.54) is 16.7 Å². The van der Waals surface area contributed by atoms with E-state index < -0.39 is 0 Å². The monoisotopic (exact) mass is 226 g/mol. The van der Waals surface area contributed by atoms with E-state index in [2.05, 4.69) is 54.9 Å². The summed E-state index contributed by atoms with van der Waals surface area (Å²) in [6.07, 6.45) is 1.14. The molecule has 1 aromatic rings. The van der Waals surface area contributed by atoms with Crippen LogP contribution in [0, 0.1) is 13.8 Å². The Labute approximate surface area is 83.1 Å². The molecule has 0 spiro atoms. The second-order valence-corrected chi connectivity index (χ2v) is 4.40. The summed E-state index contributed by atoms with van der Waals surface area (Å²) >= 11 is 3.65. The smallest absolute Gasteiger partial charge is 0.0392 e.